The molecule has 68 valence electrons. The van der Waals surface area contributed by atoms with Gasteiger partial charge in [-0.3, -0.25) is 0 Å². The van der Waals surface area contributed by atoms with Crippen molar-refractivity contribution in [1.82, 2.24) is 0 Å². The SMILES string of the molecule is Nc1ccccc1B1OCCCO1. The van der Waals surface area contributed by atoms with Crippen LogP contribution in [-0.4, -0.2) is 20.3 Å². The first-order valence-electron chi connectivity index (χ1n) is 4.45. The first kappa shape index (κ1) is 8.60. The lowest BCUT2D eigenvalue weighted by molar-refractivity contribution is 0.143. The Morgan fingerprint density at radius 3 is 2.54 bits per heavy atom. The van der Waals surface area contributed by atoms with Gasteiger partial charge < -0.3 is 15.0 Å². The van der Waals surface area contributed by atoms with E-state index < -0.39 is 0 Å². The molecule has 1 saturated heterocycles. The van der Waals surface area contributed by atoms with E-state index in [1.807, 2.05) is 24.3 Å². The molecule has 0 aromatic heterocycles. The minimum Gasteiger partial charge on any atom is -0.407 e. The van der Waals surface area contributed by atoms with Gasteiger partial charge in [-0.1, -0.05) is 18.2 Å². The summed E-state index contributed by atoms with van der Waals surface area (Å²) < 4.78 is 10.9. The number of anilines is 1. The van der Waals surface area contributed by atoms with E-state index in [-0.39, 0.29) is 7.12 Å². The van der Waals surface area contributed by atoms with Crippen molar-refractivity contribution in [3.63, 3.8) is 0 Å². The van der Waals surface area contributed by atoms with Crippen molar-refractivity contribution < 1.29 is 9.31 Å². The molecule has 0 amide bonds. The van der Waals surface area contributed by atoms with E-state index in [9.17, 15) is 0 Å². The van der Waals surface area contributed by atoms with Crippen molar-refractivity contribution in [3.05, 3.63) is 24.3 Å². The Kier molecular flexibility index (Phi) is 2.52. The summed E-state index contributed by atoms with van der Waals surface area (Å²) in [5, 5.41) is 0. The zero-order chi connectivity index (χ0) is 9.10. The molecular weight excluding hydrogens is 165 g/mol. The molecule has 0 aliphatic carbocycles. The lowest BCUT2D eigenvalue weighted by Gasteiger charge is -2.20. The predicted molar refractivity (Wildman–Crippen MR) is 52.8 cm³/mol. The second-order valence-corrected chi connectivity index (χ2v) is 3.06. The van der Waals surface area contributed by atoms with Gasteiger partial charge in [0.05, 0.1) is 0 Å². The van der Waals surface area contributed by atoms with Crippen LogP contribution in [0, 0.1) is 0 Å². The molecular formula is C9H12BNO2. The maximum atomic E-state index is 5.79. The Hall–Kier alpha value is -0.995. The highest BCUT2D eigenvalue weighted by Gasteiger charge is 2.25. The Labute approximate surface area is 78.0 Å². The van der Waals surface area contributed by atoms with Crippen LogP contribution >= 0.6 is 0 Å². The van der Waals surface area contributed by atoms with Gasteiger partial charge in [-0.2, -0.15) is 0 Å². The van der Waals surface area contributed by atoms with Crippen LogP contribution in [0.1, 0.15) is 6.42 Å². The highest BCUT2D eigenvalue weighted by molar-refractivity contribution is 6.63. The fraction of sp³-hybridized carbons (Fsp3) is 0.333. The highest BCUT2D eigenvalue weighted by atomic mass is 16.6. The average molecular weight is 177 g/mol. The van der Waals surface area contributed by atoms with Crippen LogP contribution in [0.25, 0.3) is 0 Å². The first-order valence-corrected chi connectivity index (χ1v) is 4.45. The van der Waals surface area contributed by atoms with Crippen molar-refractivity contribution in [2.45, 2.75) is 6.42 Å². The lowest BCUT2D eigenvalue weighted by atomic mass is 9.77. The van der Waals surface area contributed by atoms with Crippen molar-refractivity contribution in [2.24, 2.45) is 0 Å². The van der Waals surface area contributed by atoms with Gasteiger partial charge in [0.15, 0.2) is 0 Å². The summed E-state index contributed by atoms with van der Waals surface area (Å²) in [4.78, 5) is 0. The molecule has 4 heteroatoms. The summed E-state index contributed by atoms with van der Waals surface area (Å²) in [5.74, 6) is 0. The molecule has 1 heterocycles. The summed E-state index contributed by atoms with van der Waals surface area (Å²) >= 11 is 0. The number of nitrogens with two attached hydrogens (primary N) is 1. The summed E-state index contributed by atoms with van der Waals surface area (Å²) in [6, 6.07) is 7.64. The predicted octanol–water partition coefficient (Wildman–Crippen LogP) is 0.401. The molecule has 0 atom stereocenters. The summed E-state index contributed by atoms with van der Waals surface area (Å²) in [7, 11) is -0.269. The monoisotopic (exact) mass is 177 g/mol. The van der Waals surface area contributed by atoms with E-state index in [0.29, 0.717) is 0 Å². The summed E-state index contributed by atoms with van der Waals surface area (Å²) in [6.07, 6.45) is 0.962. The molecule has 0 unspecified atom stereocenters. The molecule has 2 N–H and O–H groups in total. The van der Waals surface area contributed by atoms with E-state index in [1.54, 1.807) is 0 Å². The molecule has 1 aromatic rings. The van der Waals surface area contributed by atoms with E-state index >= 15 is 0 Å². The average Bonchev–Trinajstić information content (AvgIpc) is 2.20. The molecule has 1 aliphatic heterocycles. The molecule has 0 saturated carbocycles. The third kappa shape index (κ3) is 1.84. The molecule has 2 rings (SSSR count). The van der Waals surface area contributed by atoms with Gasteiger partial charge >= 0.3 is 7.12 Å². The fourth-order valence-corrected chi connectivity index (χ4v) is 1.39. The Morgan fingerprint density at radius 2 is 1.85 bits per heavy atom. The van der Waals surface area contributed by atoms with E-state index in [2.05, 4.69) is 0 Å². The van der Waals surface area contributed by atoms with Crippen LogP contribution in [-0.2, 0) is 9.31 Å². The number of hydrogen-bond donors (Lipinski definition) is 1. The summed E-state index contributed by atoms with van der Waals surface area (Å²) in [5.41, 5.74) is 7.45. The maximum Gasteiger partial charge on any atom is 0.495 e. The minimum absolute atomic E-state index is 0.269. The maximum absolute atomic E-state index is 5.79. The third-order valence-electron chi connectivity index (χ3n) is 2.08. The molecule has 13 heavy (non-hydrogen) atoms. The standard InChI is InChI=1S/C9H12BNO2/c11-9-5-2-1-4-8(9)10-12-6-3-7-13-10/h1-2,4-5H,3,6-7,11H2. The minimum atomic E-state index is -0.269. The van der Waals surface area contributed by atoms with Gasteiger partial charge in [-0.15, -0.1) is 0 Å². The van der Waals surface area contributed by atoms with Crippen LogP contribution in [0.5, 0.6) is 0 Å². The summed E-state index contributed by atoms with van der Waals surface area (Å²) in [6.45, 7) is 1.50. The van der Waals surface area contributed by atoms with Crippen molar-refractivity contribution >= 4 is 18.3 Å². The topological polar surface area (TPSA) is 44.5 Å². The van der Waals surface area contributed by atoms with Crippen molar-refractivity contribution in [1.29, 1.82) is 0 Å². The molecule has 1 aromatic carbocycles. The third-order valence-corrected chi connectivity index (χ3v) is 2.08. The van der Waals surface area contributed by atoms with Crippen LogP contribution in [0.15, 0.2) is 24.3 Å². The van der Waals surface area contributed by atoms with Gasteiger partial charge in [-0.05, 0) is 12.5 Å². The Bertz CT molecular complexity index is 287. The molecule has 1 aliphatic rings. The Morgan fingerprint density at radius 1 is 1.15 bits per heavy atom. The van der Waals surface area contributed by atoms with Crippen LogP contribution in [0.2, 0.25) is 0 Å². The van der Waals surface area contributed by atoms with Gasteiger partial charge in [0.2, 0.25) is 0 Å². The lowest BCUT2D eigenvalue weighted by Crippen LogP contribution is -2.42. The molecule has 1 fully saturated rings. The molecule has 0 bridgehead atoms. The zero-order valence-corrected chi connectivity index (χ0v) is 7.40. The van der Waals surface area contributed by atoms with Crippen molar-refractivity contribution in [3.8, 4) is 0 Å². The molecule has 3 nitrogen and oxygen atoms in total. The van der Waals surface area contributed by atoms with Gasteiger partial charge in [0, 0.05) is 24.4 Å². The van der Waals surface area contributed by atoms with Gasteiger partial charge in [-0.25, -0.2) is 0 Å². The fourth-order valence-electron chi connectivity index (χ4n) is 1.39. The second-order valence-electron chi connectivity index (χ2n) is 3.06. The first-order chi connectivity index (χ1) is 6.38. The van der Waals surface area contributed by atoms with Crippen molar-refractivity contribution in [2.75, 3.05) is 18.9 Å². The highest BCUT2D eigenvalue weighted by Crippen LogP contribution is 2.06. The number of benzene rings is 1. The van der Waals surface area contributed by atoms with Crippen LogP contribution in [0.4, 0.5) is 5.69 Å². The number of nitrogen functional groups attached to an aromatic ring is 1. The normalized spacial score (nSPS) is 17.4. The van der Waals surface area contributed by atoms with E-state index in [1.165, 1.54) is 0 Å². The number of rotatable bonds is 1. The van der Waals surface area contributed by atoms with E-state index in [0.717, 1.165) is 30.8 Å². The van der Waals surface area contributed by atoms with Crippen LogP contribution in [0.3, 0.4) is 0 Å². The molecule has 0 spiro atoms. The number of para-hydroxylation sites is 1. The zero-order valence-electron chi connectivity index (χ0n) is 7.40. The van der Waals surface area contributed by atoms with Crippen LogP contribution < -0.4 is 11.2 Å². The molecule has 0 radical (unpaired) electrons. The smallest absolute Gasteiger partial charge is 0.407 e. The quantitative estimate of drug-likeness (QED) is 0.498. The van der Waals surface area contributed by atoms with Gasteiger partial charge in [0.25, 0.3) is 0 Å². The second kappa shape index (κ2) is 3.81. The number of hydrogen-bond acceptors (Lipinski definition) is 3. The largest absolute Gasteiger partial charge is 0.495 e. The van der Waals surface area contributed by atoms with E-state index in [4.69, 9.17) is 15.0 Å². The van der Waals surface area contributed by atoms with Gasteiger partial charge in [0.1, 0.15) is 0 Å². The Balaban J connectivity index is 2.18.